The molecule has 2 fully saturated rings. The zero-order valence-electron chi connectivity index (χ0n) is 16.0. The highest BCUT2D eigenvalue weighted by Crippen LogP contribution is 2.43. The van der Waals surface area contributed by atoms with Crippen LogP contribution in [-0.4, -0.2) is 47.1 Å². The molecule has 1 saturated heterocycles. The third-order valence-corrected chi connectivity index (χ3v) is 5.87. The average Bonchev–Trinajstić information content (AvgIpc) is 3.07. The second kappa shape index (κ2) is 8.20. The van der Waals surface area contributed by atoms with Crippen LogP contribution in [0.3, 0.4) is 0 Å². The predicted molar refractivity (Wildman–Crippen MR) is 104 cm³/mol. The van der Waals surface area contributed by atoms with Gasteiger partial charge in [-0.3, -0.25) is 4.79 Å². The molecule has 2 atom stereocenters. The number of carbonyl (C=O) groups excluding carboxylic acids is 2. The van der Waals surface area contributed by atoms with Gasteiger partial charge in [0.05, 0.1) is 18.5 Å². The number of alkyl carbamates (subject to hydrolysis) is 1. The summed E-state index contributed by atoms with van der Waals surface area (Å²) < 4.78 is 17.2. The summed E-state index contributed by atoms with van der Waals surface area (Å²) in [6.45, 7) is 6.56. The Morgan fingerprint density at radius 3 is 2.48 bits per heavy atom. The van der Waals surface area contributed by atoms with Crippen molar-refractivity contribution in [2.75, 3.05) is 13.2 Å². The van der Waals surface area contributed by atoms with Gasteiger partial charge in [-0.1, -0.05) is 42.1 Å². The molecule has 1 aliphatic heterocycles. The lowest BCUT2D eigenvalue weighted by Crippen LogP contribution is -2.52. The third kappa shape index (κ3) is 5.24. The van der Waals surface area contributed by atoms with E-state index in [9.17, 15) is 9.59 Å². The molecular weight excluding hydrogens is 366 g/mol. The van der Waals surface area contributed by atoms with Crippen molar-refractivity contribution in [3.05, 3.63) is 35.9 Å². The van der Waals surface area contributed by atoms with E-state index in [1.165, 1.54) is 11.8 Å². The van der Waals surface area contributed by atoms with E-state index in [2.05, 4.69) is 5.32 Å². The van der Waals surface area contributed by atoms with Crippen molar-refractivity contribution in [2.24, 2.45) is 0 Å². The van der Waals surface area contributed by atoms with E-state index in [4.69, 9.17) is 14.2 Å². The van der Waals surface area contributed by atoms with Crippen molar-refractivity contribution >= 4 is 23.0 Å². The van der Waals surface area contributed by atoms with E-state index in [0.29, 0.717) is 31.6 Å². The lowest BCUT2D eigenvalue weighted by atomic mass is 9.89. The summed E-state index contributed by atoms with van der Waals surface area (Å²) in [5.74, 6) is -0.749. The average molecular weight is 394 g/mol. The first-order chi connectivity index (χ1) is 12.8. The van der Waals surface area contributed by atoms with Gasteiger partial charge in [-0.15, -0.1) is 0 Å². The molecule has 0 aromatic heterocycles. The summed E-state index contributed by atoms with van der Waals surface area (Å²) in [6.07, 6.45) is 1.50. The van der Waals surface area contributed by atoms with Gasteiger partial charge in [-0.05, 0) is 33.6 Å². The fourth-order valence-corrected chi connectivity index (χ4v) is 4.70. The van der Waals surface area contributed by atoms with Crippen LogP contribution in [0.5, 0.6) is 0 Å². The number of thioether (sulfide) groups is 1. The Hall–Kier alpha value is -1.57. The molecule has 148 valence electrons. The van der Waals surface area contributed by atoms with Crippen molar-refractivity contribution in [1.29, 1.82) is 0 Å². The largest absolute Gasteiger partial charge is 0.444 e. The molecule has 0 bridgehead atoms. The Labute approximate surface area is 164 Å². The lowest BCUT2D eigenvalue weighted by molar-refractivity contribution is -0.174. The first-order valence-electron chi connectivity index (χ1n) is 9.31. The Balaban J connectivity index is 1.67. The van der Waals surface area contributed by atoms with Crippen molar-refractivity contribution in [1.82, 2.24) is 5.32 Å². The highest BCUT2D eigenvalue weighted by atomic mass is 32.2. The molecule has 1 aromatic carbocycles. The Bertz CT molecular complexity index is 667. The van der Waals surface area contributed by atoms with Crippen LogP contribution in [-0.2, 0) is 14.2 Å². The van der Waals surface area contributed by atoms with Crippen LogP contribution in [0.15, 0.2) is 30.3 Å². The molecule has 2 aliphatic rings. The van der Waals surface area contributed by atoms with E-state index < -0.39 is 17.5 Å². The molecule has 3 rings (SSSR count). The van der Waals surface area contributed by atoms with Crippen LogP contribution in [0.1, 0.15) is 50.4 Å². The van der Waals surface area contributed by atoms with Crippen LogP contribution in [0.2, 0.25) is 0 Å². The van der Waals surface area contributed by atoms with Gasteiger partial charge in [-0.2, -0.15) is 0 Å². The maximum atomic E-state index is 12.7. The van der Waals surface area contributed by atoms with Crippen molar-refractivity contribution in [2.45, 2.75) is 62.7 Å². The number of rotatable bonds is 3. The molecule has 1 amide bonds. The Morgan fingerprint density at radius 1 is 1.19 bits per heavy atom. The van der Waals surface area contributed by atoms with E-state index in [1.54, 1.807) is 12.1 Å². The van der Waals surface area contributed by atoms with Gasteiger partial charge in [0.2, 0.25) is 5.12 Å². The molecule has 1 heterocycles. The number of benzene rings is 1. The molecule has 7 heteroatoms. The van der Waals surface area contributed by atoms with E-state index >= 15 is 0 Å². The minimum absolute atomic E-state index is 0.0167. The summed E-state index contributed by atoms with van der Waals surface area (Å²) >= 11 is 1.23. The zero-order chi connectivity index (χ0) is 19.5. The minimum atomic E-state index is -0.749. The predicted octanol–water partition coefficient (Wildman–Crippen LogP) is 3.75. The summed E-state index contributed by atoms with van der Waals surface area (Å²) in [5, 5.41) is 2.72. The van der Waals surface area contributed by atoms with E-state index in [0.717, 1.165) is 6.42 Å². The third-order valence-electron chi connectivity index (χ3n) is 4.59. The summed E-state index contributed by atoms with van der Waals surface area (Å²) in [4.78, 5) is 24.8. The van der Waals surface area contributed by atoms with Gasteiger partial charge in [0.25, 0.3) is 0 Å². The molecule has 1 aliphatic carbocycles. The van der Waals surface area contributed by atoms with Gasteiger partial charge >= 0.3 is 6.09 Å². The van der Waals surface area contributed by atoms with Gasteiger partial charge in [-0.25, -0.2) is 4.79 Å². The van der Waals surface area contributed by atoms with E-state index in [-0.39, 0.29) is 16.4 Å². The smallest absolute Gasteiger partial charge is 0.407 e. The van der Waals surface area contributed by atoms with Crippen molar-refractivity contribution in [3.63, 3.8) is 0 Å². The van der Waals surface area contributed by atoms with Gasteiger partial charge in [0.15, 0.2) is 5.79 Å². The SMILES string of the molecule is CC(C)(C)OC(=O)N[C@@H]1CCC2(OCCO2)[C@H](SC(=O)c2ccccc2)C1. The Kier molecular flexibility index (Phi) is 6.13. The Morgan fingerprint density at radius 2 is 1.85 bits per heavy atom. The van der Waals surface area contributed by atoms with Crippen molar-refractivity contribution in [3.8, 4) is 0 Å². The molecule has 6 nitrogen and oxygen atoms in total. The van der Waals surface area contributed by atoms with Gasteiger partial charge < -0.3 is 19.5 Å². The molecule has 1 saturated carbocycles. The summed E-state index contributed by atoms with van der Waals surface area (Å²) in [6, 6.07) is 9.10. The maximum absolute atomic E-state index is 12.7. The fraction of sp³-hybridized carbons (Fsp3) is 0.600. The van der Waals surface area contributed by atoms with Crippen LogP contribution in [0, 0.1) is 0 Å². The molecular formula is C20H27NO5S. The second-order valence-electron chi connectivity index (χ2n) is 7.89. The molecule has 27 heavy (non-hydrogen) atoms. The van der Waals surface area contributed by atoms with Crippen LogP contribution in [0.25, 0.3) is 0 Å². The first kappa shape index (κ1) is 20.2. The summed E-state index contributed by atoms with van der Waals surface area (Å²) in [5.41, 5.74) is 0.104. The molecule has 0 radical (unpaired) electrons. The van der Waals surface area contributed by atoms with Crippen LogP contribution >= 0.6 is 11.8 Å². The molecule has 1 aromatic rings. The van der Waals surface area contributed by atoms with E-state index in [1.807, 2.05) is 39.0 Å². The standard InChI is InChI=1S/C20H27NO5S/c1-19(2,3)26-18(23)21-15-9-10-20(24-11-12-25-20)16(13-15)27-17(22)14-7-5-4-6-8-14/h4-8,15-16H,9-13H2,1-3H3,(H,21,23)/t15-,16-/m1/s1. The van der Waals surface area contributed by atoms with Gasteiger partial charge in [0, 0.05) is 18.0 Å². The summed E-state index contributed by atoms with van der Waals surface area (Å²) in [7, 11) is 0. The number of ether oxygens (including phenoxy) is 3. The quantitative estimate of drug-likeness (QED) is 0.843. The molecule has 0 unspecified atom stereocenters. The number of amides is 1. The first-order valence-corrected chi connectivity index (χ1v) is 10.2. The number of carbonyl (C=O) groups is 2. The monoisotopic (exact) mass is 393 g/mol. The van der Waals surface area contributed by atoms with Gasteiger partial charge in [0.1, 0.15) is 5.60 Å². The fourth-order valence-electron chi connectivity index (χ4n) is 3.41. The minimum Gasteiger partial charge on any atom is -0.444 e. The highest BCUT2D eigenvalue weighted by molar-refractivity contribution is 8.14. The zero-order valence-corrected chi connectivity index (χ0v) is 16.8. The number of nitrogens with one attached hydrogen (secondary N) is 1. The number of hydrogen-bond acceptors (Lipinski definition) is 6. The lowest BCUT2D eigenvalue weighted by Gasteiger charge is -2.41. The molecule has 1 N–H and O–H groups in total. The topological polar surface area (TPSA) is 73.9 Å². The normalized spacial score (nSPS) is 24.6. The second-order valence-corrected chi connectivity index (χ2v) is 9.06. The van der Waals surface area contributed by atoms with Crippen LogP contribution in [0.4, 0.5) is 4.79 Å². The highest BCUT2D eigenvalue weighted by Gasteiger charge is 2.50. The van der Waals surface area contributed by atoms with Crippen LogP contribution < -0.4 is 5.32 Å². The molecule has 1 spiro atoms. The van der Waals surface area contributed by atoms with Crippen molar-refractivity contribution < 1.29 is 23.8 Å². The maximum Gasteiger partial charge on any atom is 0.407 e. The number of hydrogen-bond donors (Lipinski definition) is 1.